The standard InChI is InChI=1S/C17H15FN2/c1-11-4-7-14(15(18)9-11)17(19)13-6-5-12-3-2-8-20-16(12)10-13/h2-10,17H,19H2,1H3. The summed E-state index contributed by atoms with van der Waals surface area (Å²) in [7, 11) is 0. The van der Waals surface area contributed by atoms with E-state index in [0.717, 1.165) is 22.0 Å². The van der Waals surface area contributed by atoms with E-state index in [9.17, 15) is 4.39 Å². The van der Waals surface area contributed by atoms with Gasteiger partial charge >= 0.3 is 0 Å². The average molecular weight is 266 g/mol. The van der Waals surface area contributed by atoms with E-state index in [0.29, 0.717) is 5.56 Å². The summed E-state index contributed by atoms with van der Waals surface area (Å²) in [4.78, 5) is 4.31. The molecule has 0 aliphatic rings. The Hall–Kier alpha value is -2.26. The van der Waals surface area contributed by atoms with Crippen LogP contribution in [-0.2, 0) is 0 Å². The molecule has 3 aromatic rings. The molecule has 0 aliphatic heterocycles. The van der Waals surface area contributed by atoms with Crippen LogP contribution in [-0.4, -0.2) is 4.98 Å². The van der Waals surface area contributed by atoms with E-state index < -0.39 is 6.04 Å². The Labute approximate surface area is 117 Å². The van der Waals surface area contributed by atoms with Crippen LogP contribution in [0.2, 0.25) is 0 Å². The third-order valence-electron chi connectivity index (χ3n) is 3.48. The summed E-state index contributed by atoms with van der Waals surface area (Å²) < 4.78 is 14.0. The highest BCUT2D eigenvalue weighted by molar-refractivity contribution is 5.79. The normalized spacial score (nSPS) is 12.6. The Morgan fingerprint density at radius 3 is 2.75 bits per heavy atom. The Balaban J connectivity index is 2.05. The third-order valence-corrected chi connectivity index (χ3v) is 3.48. The highest BCUT2D eigenvalue weighted by Crippen LogP contribution is 2.25. The highest BCUT2D eigenvalue weighted by Gasteiger charge is 2.14. The zero-order valence-electron chi connectivity index (χ0n) is 11.2. The fourth-order valence-electron chi connectivity index (χ4n) is 2.34. The topological polar surface area (TPSA) is 38.9 Å². The number of benzene rings is 2. The van der Waals surface area contributed by atoms with Crippen molar-refractivity contribution in [3.63, 3.8) is 0 Å². The van der Waals surface area contributed by atoms with Crippen molar-refractivity contribution in [3.8, 4) is 0 Å². The van der Waals surface area contributed by atoms with Crippen molar-refractivity contribution in [2.45, 2.75) is 13.0 Å². The fourth-order valence-corrected chi connectivity index (χ4v) is 2.34. The maximum absolute atomic E-state index is 14.0. The van der Waals surface area contributed by atoms with Crippen LogP contribution >= 0.6 is 0 Å². The number of hydrogen-bond acceptors (Lipinski definition) is 2. The molecule has 0 spiro atoms. The summed E-state index contributed by atoms with van der Waals surface area (Å²) in [6.07, 6.45) is 1.74. The lowest BCUT2D eigenvalue weighted by molar-refractivity contribution is 0.598. The van der Waals surface area contributed by atoms with Crippen LogP contribution in [0.1, 0.15) is 22.7 Å². The number of aromatic nitrogens is 1. The van der Waals surface area contributed by atoms with Gasteiger partial charge in [0.15, 0.2) is 0 Å². The molecule has 20 heavy (non-hydrogen) atoms. The molecule has 1 unspecified atom stereocenters. The van der Waals surface area contributed by atoms with E-state index in [1.54, 1.807) is 12.3 Å². The zero-order chi connectivity index (χ0) is 14.1. The number of hydrogen-bond donors (Lipinski definition) is 1. The summed E-state index contributed by atoms with van der Waals surface area (Å²) in [5.74, 6) is -0.265. The first-order valence-electron chi connectivity index (χ1n) is 6.51. The monoisotopic (exact) mass is 266 g/mol. The smallest absolute Gasteiger partial charge is 0.128 e. The number of pyridine rings is 1. The summed E-state index contributed by atoms with van der Waals surface area (Å²) >= 11 is 0. The van der Waals surface area contributed by atoms with E-state index in [2.05, 4.69) is 4.98 Å². The van der Waals surface area contributed by atoms with E-state index in [1.807, 2.05) is 43.3 Å². The van der Waals surface area contributed by atoms with Crippen molar-refractivity contribution in [1.82, 2.24) is 4.98 Å². The maximum Gasteiger partial charge on any atom is 0.128 e. The fraction of sp³-hybridized carbons (Fsp3) is 0.118. The van der Waals surface area contributed by atoms with Crippen molar-refractivity contribution >= 4 is 10.9 Å². The zero-order valence-corrected chi connectivity index (χ0v) is 11.2. The van der Waals surface area contributed by atoms with Crippen LogP contribution in [0, 0.1) is 12.7 Å². The molecule has 0 aliphatic carbocycles. The molecule has 0 fully saturated rings. The van der Waals surface area contributed by atoms with Crippen molar-refractivity contribution in [3.05, 3.63) is 77.2 Å². The molecule has 2 nitrogen and oxygen atoms in total. The van der Waals surface area contributed by atoms with E-state index >= 15 is 0 Å². The second-order valence-electron chi connectivity index (χ2n) is 4.96. The number of fused-ring (bicyclic) bond motifs is 1. The summed E-state index contributed by atoms with van der Waals surface area (Å²) in [6.45, 7) is 1.86. The lowest BCUT2D eigenvalue weighted by atomic mass is 9.97. The Kier molecular flexibility index (Phi) is 3.20. The lowest BCUT2D eigenvalue weighted by Gasteiger charge is -2.14. The highest BCUT2D eigenvalue weighted by atomic mass is 19.1. The van der Waals surface area contributed by atoms with Gasteiger partial charge in [-0.1, -0.05) is 30.3 Å². The van der Waals surface area contributed by atoms with Crippen molar-refractivity contribution in [2.24, 2.45) is 5.73 Å². The SMILES string of the molecule is Cc1ccc(C(N)c2ccc3cccnc3c2)c(F)c1. The molecule has 2 N–H and O–H groups in total. The molecule has 0 bridgehead atoms. The van der Waals surface area contributed by atoms with E-state index in [1.165, 1.54) is 6.07 Å². The minimum atomic E-state index is -0.484. The second-order valence-corrected chi connectivity index (χ2v) is 4.96. The molecule has 3 rings (SSSR count). The third kappa shape index (κ3) is 2.28. The predicted molar refractivity (Wildman–Crippen MR) is 78.9 cm³/mol. The summed E-state index contributed by atoms with van der Waals surface area (Å²) in [5, 5.41) is 1.05. The van der Waals surface area contributed by atoms with Crippen LogP contribution in [0.15, 0.2) is 54.7 Å². The molecule has 1 heterocycles. The molecule has 3 heteroatoms. The van der Waals surface area contributed by atoms with Gasteiger partial charge in [-0.25, -0.2) is 4.39 Å². The first kappa shape index (κ1) is 12.8. The molecule has 100 valence electrons. The minimum Gasteiger partial charge on any atom is -0.320 e. The quantitative estimate of drug-likeness (QED) is 0.767. The molecule has 0 radical (unpaired) electrons. The second kappa shape index (κ2) is 5.02. The summed E-state index contributed by atoms with van der Waals surface area (Å²) in [5.41, 5.74) is 9.31. The van der Waals surface area contributed by atoms with E-state index in [4.69, 9.17) is 5.73 Å². The van der Waals surface area contributed by atoms with Gasteiger partial charge in [-0.3, -0.25) is 4.98 Å². The largest absolute Gasteiger partial charge is 0.320 e. The van der Waals surface area contributed by atoms with Crippen LogP contribution in [0.3, 0.4) is 0 Å². The molecule has 0 saturated carbocycles. The van der Waals surface area contributed by atoms with Crippen LogP contribution in [0.25, 0.3) is 10.9 Å². The average Bonchev–Trinajstić information content (AvgIpc) is 2.46. The van der Waals surface area contributed by atoms with Crippen LogP contribution in [0.5, 0.6) is 0 Å². The number of nitrogens with two attached hydrogens (primary N) is 1. The lowest BCUT2D eigenvalue weighted by Crippen LogP contribution is -2.13. The van der Waals surface area contributed by atoms with Crippen molar-refractivity contribution in [1.29, 1.82) is 0 Å². The minimum absolute atomic E-state index is 0.265. The number of nitrogens with zero attached hydrogens (tertiary/aromatic N) is 1. The first-order valence-corrected chi connectivity index (χ1v) is 6.51. The Morgan fingerprint density at radius 1 is 1.10 bits per heavy atom. The van der Waals surface area contributed by atoms with E-state index in [-0.39, 0.29) is 5.82 Å². The number of halogens is 1. The van der Waals surface area contributed by atoms with Crippen LogP contribution < -0.4 is 5.73 Å². The number of aryl methyl sites for hydroxylation is 1. The van der Waals surface area contributed by atoms with Gasteiger partial charge in [-0.2, -0.15) is 0 Å². The van der Waals surface area contributed by atoms with Gasteiger partial charge in [0, 0.05) is 17.1 Å². The first-order chi connectivity index (χ1) is 9.65. The Bertz CT molecular complexity index is 768. The van der Waals surface area contributed by atoms with Gasteiger partial charge in [0.25, 0.3) is 0 Å². The van der Waals surface area contributed by atoms with Gasteiger partial charge in [-0.15, -0.1) is 0 Å². The molecule has 0 saturated heterocycles. The van der Waals surface area contributed by atoms with Gasteiger partial charge in [-0.05, 0) is 36.2 Å². The van der Waals surface area contributed by atoms with Crippen molar-refractivity contribution in [2.75, 3.05) is 0 Å². The molecule has 1 aromatic heterocycles. The summed E-state index contributed by atoms with van der Waals surface area (Å²) in [6, 6.07) is 14.3. The molecular weight excluding hydrogens is 251 g/mol. The Morgan fingerprint density at radius 2 is 1.95 bits per heavy atom. The molecular formula is C17H15FN2. The van der Waals surface area contributed by atoms with Gasteiger partial charge in [0.2, 0.25) is 0 Å². The number of rotatable bonds is 2. The van der Waals surface area contributed by atoms with Gasteiger partial charge in [0.1, 0.15) is 5.82 Å². The van der Waals surface area contributed by atoms with Crippen LogP contribution in [0.4, 0.5) is 4.39 Å². The van der Waals surface area contributed by atoms with Crippen molar-refractivity contribution < 1.29 is 4.39 Å². The molecule has 2 aromatic carbocycles. The maximum atomic E-state index is 14.0. The van der Waals surface area contributed by atoms with Gasteiger partial charge in [0.05, 0.1) is 11.6 Å². The molecule has 0 amide bonds. The molecule has 1 atom stereocenters. The predicted octanol–water partition coefficient (Wildman–Crippen LogP) is 3.73. The van der Waals surface area contributed by atoms with Gasteiger partial charge < -0.3 is 5.73 Å².